The molecule has 0 saturated carbocycles. The normalized spacial score (nSPS) is 18.1. The standard InChI is InChI=1S/C13H14O/c1-10-7-8-11-5-3-4-6-12(11)13(10)9-14-2/h3-6,9H,1,7-8H2,2H3. The number of aryl methyl sites for hydroxylation is 1. The molecule has 1 nitrogen and oxygen atoms in total. The topological polar surface area (TPSA) is 9.23 Å². The Morgan fingerprint density at radius 1 is 1.29 bits per heavy atom. The van der Waals surface area contributed by atoms with Gasteiger partial charge in [0.2, 0.25) is 0 Å². The predicted octanol–water partition coefficient (Wildman–Crippen LogP) is 3.18. The van der Waals surface area contributed by atoms with Crippen molar-refractivity contribution < 1.29 is 4.74 Å². The van der Waals surface area contributed by atoms with E-state index in [1.807, 2.05) is 0 Å². The van der Waals surface area contributed by atoms with E-state index in [2.05, 4.69) is 30.8 Å². The molecule has 1 aromatic carbocycles. The minimum Gasteiger partial charge on any atom is -0.504 e. The van der Waals surface area contributed by atoms with Crippen LogP contribution < -0.4 is 0 Å². The zero-order valence-electron chi connectivity index (χ0n) is 8.42. The van der Waals surface area contributed by atoms with Crippen molar-refractivity contribution in [3.8, 4) is 0 Å². The van der Waals surface area contributed by atoms with Crippen LogP contribution in [0.5, 0.6) is 0 Å². The van der Waals surface area contributed by atoms with Crippen LogP contribution in [-0.2, 0) is 11.2 Å². The third-order valence-corrected chi connectivity index (χ3v) is 2.62. The van der Waals surface area contributed by atoms with E-state index in [4.69, 9.17) is 4.74 Å². The Hall–Kier alpha value is -1.50. The fourth-order valence-corrected chi connectivity index (χ4v) is 1.88. The highest BCUT2D eigenvalue weighted by Gasteiger charge is 2.16. The maximum absolute atomic E-state index is 5.09. The second-order valence-electron chi connectivity index (χ2n) is 3.53. The van der Waals surface area contributed by atoms with Crippen LogP contribution >= 0.6 is 0 Å². The second kappa shape index (κ2) is 3.70. The lowest BCUT2D eigenvalue weighted by Crippen LogP contribution is -2.03. The quantitative estimate of drug-likeness (QED) is 0.612. The maximum Gasteiger partial charge on any atom is 0.0905 e. The molecule has 0 saturated heterocycles. The van der Waals surface area contributed by atoms with Gasteiger partial charge in [0, 0.05) is 5.57 Å². The Bertz CT molecular complexity index is 388. The fraction of sp³-hybridized carbons (Fsp3) is 0.231. The van der Waals surface area contributed by atoms with Gasteiger partial charge in [0.15, 0.2) is 0 Å². The molecule has 14 heavy (non-hydrogen) atoms. The van der Waals surface area contributed by atoms with Crippen LogP contribution in [0.15, 0.2) is 42.7 Å². The zero-order chi connectivity index (χ0) is 9.97. The molecule has 0 spiro atoms. The van der Waals surface area contributed by atoms with Crippen molar-refractivity contribution in [2.45, 2.75) is 12.8 Å². The van der Waals surface area contributed by atoms with E-state index < -0.39 is 0 Å². The Balaban J connectivity index is 2.52. The van der Waals surface area contributed by atoms with Crippen molar-refractivity contribution in [1.82, 2.24) is 0 Å². The molecule has 0 unspecified atom stereocenters. The van der Waals surface area contributed by atoms with Gasteiger partial charge in [-0.05, 0) is 29.5 Å². The Kier molecular flexibility index (Phi) is 2.40. The first-order chi connectivity index (χ1) is 6.83. The Labute approximate surface area is 84.7 Å². The highest BCUT2D eigenvalue weighted by atomic mass is 16.5. The molecule has 0 radical (unpaired) electrons. The summed E-state index contributed by atoms with van der Waals surface area (Å²) in [4.78, 5) is 0. The lowest BCUT2D eigenvalue weighted by Gasteiger charge is -2.20. The summed E-state index contributed by atoms with van der Waals surface area (Å²) in [6, 6.07) is 8.44. The minimum atomic E-state index is 1.03. The first-order valence-electron chi connectivity index (χ1n) is 4.82. The average molecular weight is 186 g/mol. The van der Waals surface area contributed by atoms with E-state index in [0.29, 0.717) is 0 Å². The summed E-state index contributed by atoms with van der Waals surface area (Å²) < 4.78 is 5.09. The van der Waals surface area contributed by atoms with Crippen LogP contribution in [0, 0.1) is 0 Å². The molecular weight excluding hydrogens is 172 g/mol. The van der Waals surface area contributed by atoms with E-state index in [0.717, 1.165) is 18.4 Å². The van der Waals surface area contributed by atoms with Gasteiger partial charge in [-0.15, -0.1) is 0 Å². The third-order valence-electron chi connectivity index (χ3n) is 2.62. The number of hydrogen-bond acceptors (Lipinski definition) is 1. The molecule has 0 amide bonds. The number of ether oxygens (including phenoxy) is 1. The fourth-order valence-electron chi connectivity index (χ4n) is 1.88. The third kappa shape index (κ3) is 1.46. The zero-order valence-corrected chi connectivity index (χ0v) is 8.42. The SMILES string of the molecule is C=C1CCc2ccccc2C1=COC. The first kappa shape index (κ1) is 9.07. The van der Waals surface area contributed by atoms with Crippen molar-refractivity contribution >= 4 is 5.57 Å². The summed E-state index contributed by atoms with van der Waals surface area (Å²) >= 11 is 0. The molecule has 0 bridgehead atoms. The predicted molar refractivity (Wildman–Crippen MR) is 58.9 cm³/mol. The van der Waals surface area contributed by atoms with Crippen LogP contribution in [0.25, 0.3) is 5.57 Å². The largest absolute Gasteiger partial charge is 0.504 e. The second-order valence-corrected chi connectivity index (χ2v) is 3.53. The summed E-state index contributed by atoms with van der Waals surface area (Å²) in [6.07, 6.45) is 3.92. The lowest BCUT2D eigenvalue weighted by atomic mass is 9.85. The molecule has 2 rings (SSSR count). The first-order valence-corrected chi connectivity index (χ1v) is 4.82. The molecule has 0 atom stereocenters. The minimum absolute atomic E-state index is 1.03. The maximum atomic E-state index is 5.09. The molecule has 1 aliphatic carbocycles. The van der Waals surface area contributed by atoms with Gasteiger partial charge >= 0.3 is 0 Å². The smallest absolute Gasteiger partial charge is 0.0905 e. The van der Waals surface area contributed by atoms with Crippen molar-refractivity contribution in [3.05, 3.63) is 53.8 Å². The van der Waals surface area contributed by atoms with Gasteiger partial charge in [-0.25, -0.2) is 0 Å². The number of benzene rings is 1. The molecule has 1 aromatic rings. The van der Waals surface area contributed by atoms with Gasteiger partial charge < -0.3 is 4.74 Å². The van der Waals surface area contributed by atoms with E-state index in [-0.39, 0.29) is 0 Å². The molecule has 0 fully saturated rings. The molecule has 0 aromatic heterocycles. The monoisotopic (exact) mass is 186 g/mol. The van der Waals surface area contributed by atoms with E-state index in [9.17, 15) is 0 Å². The summed E-state index contributed by atoms with van der Waals surface area (Å²) in [7, 11) is 1.68. The lowest BCUT2D eigenvalue weighted by molar-refractivity contribution is 0.339. The Morgan fingerprint density at radius 3 is 2.86 bits per heavy atom. The molecule has 72 valence electrons. The summed E-state index contributed by atoms with van der Waals surface area (Å²) in [5.74, 6) is 0. The number of allylic oxidation sites excluding steroid dienone is 2. The van der Waals surface area contributed by atoms with Crippen molar-refractivity contribution in [2.75, 3.05) is 7.11 Å². The number of rotatable bonds is 1. The van der Waals surface area contributed by atoms with Crippen LogP contribution in [-0.4, -0.2) is 7.11 Å². The molecule has 0 N–H and O–H groups in total. The molecular formula is C13H14O. The van der Waals surface area contributed by atoms with Gasteiger partial charge in [0.05, 0.1) is 13.4 Å². The van der Waals surface area contributed by atoms with Crippen LogP contribution in [0.2, 0.25) is 0 Å². The van der Waals surface area contributed by atoms with Gasteiger partial charge in [-0.3, -0.25) is 0 Å². The van der Waals surface area contributed by atoms with Crippen LogP contribution in [0.1, 0.15) is 17.5 Å². The van der Waals surface area contributed by atoms with Crippen LogP contribution in [0.3, 0.4) is 0 Å². The Morgan fingerprint density at radius 2 is 2.07 bits per heavy atom. The highest BCUT2D eigenvalue weighted by Crippen LogP contribution is 2.33. The van der Waals surface area contributed by atoms with Gasteiger partial charge in [-0.2, -0.15) is 0 Å². The van der Waals surface area contributed by atoms with E-state index in [1.54, 1.807) is 13.4 Å². The van der Waals surface area contributed by atoms with Gasteiger partial charge in [0.1, 0.15) is 0 Å². The summed E-state index contributed by atoms with van der Waals surface area (Å²) in [6.45, 7) is 4.06. The highest BCUT2D eigenvalue weighted by molar-refractivity contribution is 5.81. The summed E-state index contributed by atoms with van der Waals surface area (Å²) in [5, 5.41) is 0. The number of fused-ring (bicyclic) bond motifs is 1. The average Bonchev–Trinajstić information content (AvgIpc) is 2.23. The van der Waals surface area contributed by atoms with E-state index >= 15 is 0 Å². The van der Waals surface area contributed by atoms with E-state index in [1.165, 1.54) is 16.7 Å². The molecule has 0 heterocycles. The van der Waals surface area contributed by atoms with Gasteiger partial charge in [0.25, 0.3) is 0 Å². The van der Waals surface area contributed by atoms with Crippen molar-refractivity contribution in [1.29, 1.82) is 0 Å². The molecule has 1 aliphatic rings. The van der Waals surface area contributed by atoms with Crippen molar-refractivity contribution in [3.63, 3.8) is 0 Å². The number of methoxy groups -OCH3 is 1. The van der Waals surface area contributed by atoms with Gasteiger partial charge in [-0.1, -0.05) is 30.8 Å². The molecule has 1 heteroatoms. The summed E-state index contributed by atoms with van der Waals surface area (Å²) in [5.41, 5.74) is 4.98. The number of hydrogen-bond donors (Lipinski definition) is 0. The molecule has 0 aliphatic heterocycles. The van der Waals surface area contributed by atoms with Crippen LogP contribution in [0.4, 0.5) is 0 Å². The van der Waals surface area contributed by atoms with Crippen molar-refractivity contribution in [2.24, 2.45) is 0 Å².